The van der Waals surface area contributed by atoms with E-state index < -0.39 is 4.87 Å². The zero-order chi connectivity index (χ0) is 16.0. The van der Waals surface area contributed by atoms with Gasteiger partial charge in [0.15, 0.2) is 4.87 Å². The van der Waals surface area contributed by atoms with E-state index in [1.165, 1.54) is 11.8 Å². The van der Waals surface area contributed by atoms with Crippen molar-refractivity contribution in [1.82, 2.24) is 4.98 Å². The van der Waals surface area contributed by atoms with Gasteiger partial charge in [0.1, 0.15) is 0 Å². The van der Waals surface area contributed by atoms with Crippen molar-refractivity contribution in [3.8, 4) is 0 Å². The molecule has 2 aliphatic rings. The lowest BCUT2D eigenvalue weighted by Gasteiger charge is -2.29. The monoisotopic (exact) mass is 345 g/mol. The van der Waals surface area contributed by atoms with E-state index in [1.807, 2.05) is 6.07 Å². The molecule has 1 aromatic carbocycles. The van der Waals surface area contributed by atoms with Crippen molar-refractivity contribution in [2.75, 3.05) is 10.2 Å². The lowest BCUT2D eigenvalue weighted by molar-refractivity contribution is -0.121. The van der Waals surface area contributed by atoms with Crippen LogP contribution in [0.25, 0.3) is 0 Å². The summed E-state index contributed by atoms with van der Waals surface area (Å²) in [6, 6.07) is 8.82. The van der Waals surface area contributed by atoms with Gasteiger partial charge < -0.3 is 5.32 Å². The Morgan fingerprint density at radius 2 is 2.09 bits per heavy atom. The smallest absolute Gasteiger partial charge is 0.261 e. The highest BCUT2D eigenvalue weighted by Crippen LogP contribution is 2.56. The van der Waals surface area contributed by atoms with Crippen molar-refractivity contribution in [2.24, 2.45) is 0 Å². The summed E-state index contributed by atoms with van der Waals surface area (Å²) in [5, 5.41) is 3.44. The summed E-state index contributed by atoms with van der Waals surface area (Å²) in [6.07, 6.45) is 4.05. The molecular formula is C16H12ClN3O2S. The van der Waals surface area contributed by atoms with Crippen molar-refractivity contribution in [3.63, 3.8) is 0 Å². The van der Waals surface area contributed by atoms with Crippen LogP contribution in [0.3, 0.4) is 0 Å². The quantitative estimate of drug-likeness (QED) is 0.907. The number of nitrogens with one attached hydrogen (secondary N) is 1. The van der Waals surface area contributed by atoms with Gasteiger partial charge in [-0.2, -0.15) is 0 Å². The second-order valence-electron chi connectivity index (χ2n) is 5.42. The highest BCUT2D eigenvalue weighted by atomic mass is 35.5. The van der Waals surface area contributed by atoms with Crippen molar-refractivity contribution in [3.05, 3.63) is 47.7 Å². The number of pyridine rings is 1. The summed E-state index contributed by atoms with van der Waals surface area (Å²) in [6.45, 7) is 0. The molecule has 4 rings (SSSR count). The average molecular weight is 346 g/mol. The summed E-state index contributed by atoms with van der Waals surface area (Å²) in [4.78, 5) is 30.8. The van der Waals surface area contributed by atoms with Gasteiger partial charge in [-0.1, -0.05) is 23.4 Å². The molecule has 1 aromatic heterocycles. The van der Waals surface area contributed by atoms with E-state index in [1.54, 1.807) is 41.6 Å². The number of nitrogens with zero attached hydrogens (tertiary/aromatic N) is 2. The van der Waals surface area contributed by atoms with Crippen LogP contribution in [-0.4, -0.2) is 21.7 Å². The Bertz CT molecular complexity index is 814. The van der Waals surface area contributed by atoms with Gasteiger partial charge in [-0.05, 0) is 36.8 Å². The lowest BCUT2D eigenvalue weighted by Crippen LogP contribution is -2.49. The van der Waals surface area contributed by atoms with E-state index in [0.29, 0.717) is 23.6 Å². The third kappa shape index (κ3) is 2.21. The minimum atomic E-state index is -0.937. The molecule has 0 spiro atoms. The van der Waals surface area contributed by atoms with E-state index >= 15 is 0 Å². The molecule has 1 fully saturated rings. The van der Waals surface area contributed by atoms with Gasteiger partial charge in [-0.3, -0.25) is 19.5 Å². The fourth-order valence-corrected chi connectivity index (χ4v) is 4.55. The number of anilines is 2. The highest BCUT2D eigenvalue weighted by Gasteiger charge is 2.57. The summed E-state index contributed by atoms with van der Waals surface area (Å²) in [5.74, 6) is -0.254. The molecule has 0 bridgehead atoms. The molecule has 2 aromatic rings. The molecule has 0 unspecified atom stereocenters. The van der Waals surface area contributed by atoms with Crippen molar-refractivity contribution in [2.45, 2.75) is 22.6 Å². The minimum Gasteiger partial charge on any atom is -0.323 e. The van der Waals surface area contributed by atoms with Crippen LogP contribution in [0.5, 0.6) is 0 Å². The highest BCUT2D eigenvalue weighted by molar-refractivity contribution is 8.02. The molecule has 0 saturated carbocycles. The van der Waals surface area contributed by atoms with Gasteiger partial charge >= 0.3 is 0 Å². The molecule has 1 atom stereocenters. The summed E-state index contributed by atoms with van der Waals surface area (Å²) >= 11 is 7.47. The molecule has 116 valence electrons. The number of aromatic nitrogens is 1. The van der Waals surface area contributed by atoms with Gasteiger partial charge in [-0.15, -0.1) is 0 Å². The Morgan fingerprint density at radius 1 is 1.30 bits per heavy atom. The molecule has 7 heteroatoms. The van der Waals surface area contributed by atoms with E-state index in [4.69, 9.17) is 11.6 Å². The molecule has 0 radical (unpaired) electrons. The summed E-state index contributed by atoms with van der Waals surface area (Å²) in [7, 11) is 0. The maximum atomic E-state index is 12.9. The maximum Gasteiger partial charge on any atom is 0.261 e. The number of carbonyl (C=O) groups is 2. The molecule has 23 heavy (non-hydrogen) atoms. The summed E-state index contributed by atoms with van der Waals surface area (Å²) in [5.41, 5.74) is 1.38. The summed E-state index contributed by atoms with van der Waals surface area (Å²) < 4.78 is 0. The number of hydrogen-bond acceptors (Lipinski definition) is 4. The Balaban J connectivity index is 1.72. The van der Waals surface area contributed by atoms with Crippen molar-refractivity contribution in [1.29, 1.82) is 0 Å². The Morgan fingerprint density at radius 3 is 2.87 bits per heavy atom. The minimum absolute atomic E-state index is 0.0524. The zero-order valence-corrected chi connectivity index (χ0v) is 13.5. The van der Waals surface area contributed by atoms with Crippen LogP contribution in [0.1, 0.15) is 12.8 Å². The molecule has 2 amide bonds. The number of rotatable bonds is 2. The average Bonchev–Trinajstić information content (AvgIpc) is 3.05. The van der Waals surface area contributed by atoms with Crippen LogP contribution in [0.2, 0.25) is 5.02 Å². The first-order valence-corrected chi connectivity index (χ1v) is 8.33. The Labute approximate surface area is 142 Å². The topological polar surface area (TPSA) is 62.3 Å². The van der Waals surface area contributed by atoms with Crippen LogP contribution in [0, 0.1) is 0 Å². The molecule has 0 aliphatic carbocycles. The van der Waals surface area contributed by atoms with Crippen molar-refractivity contribution >= 4 is 46.6 Å². The molecule has 2 aliphatic heterocycles. The number of carbonyl (C=O) groups excluding carboxylic acids is 2. The van der Waals surface area contributed by atoms with Crippen LogP contribution in [-0.2, 0) is 9.59 Å². The molecule has 1 saturated heterocycles. The van der Waals surface area contributed by atoms with E-state index in [9.17, 15) is 9.59 Å². The lowest BCUT2D eigenvalue weighted by atomic mass is 10.1. The van der Waals surface area contributed by atoms with Gasteiger partial charge in [0.2, 0.25) is 5.91 Å². The second-order valence-corrected chi connectivity index (χ2v) is 7.17. The van der Waals surface area contributed by atoms with Gasteiger partial charge in [0.05, 0.1) is 5.69 Å². The molecular weight excluding hydrogens is 334 g/mol. The van der Waals surface area contributed by atoms with Gasteiger partial charge in [0.25, 0.3) is 5.91 Å². The zero-order valence-electron chi connectivity index (χ0n) is 12.0. The number of benzene rings is 1. The first-order valence-electron chi connectivity index (χ1n) is 7.13. The van der Waals surface area contributed by atoms with Gasteiger partial charge in [-0.25, -0.2) is 0 Å². The maximum absolute atomic E-state index is 12.9. The Kier molecular flexibility index (Phi) is 3.32. The fraction of sp³-hybridized carbons (Fsp3) is 0.188. The fourth-order valence-electron chi connectivity index (χ4n) is 2.99. The van der Waals surface area contributed by atoms with E-state index in [2.05, 4.69) is 10.3 Å². The number of amides is 2. The van der Waals surface area contributed by atoms with Gasteiger partial charge in [0, 0.05) is 34.4 Å². The van der Waals surface area contributed by atoms with Crippen LogP contribution < -0.4 is 10.2 Å². The molecule has 3 heterocycles. The number of halogens is 1. The number of thioether (sulfide) groups is 1. The molecule has 5 nitrogen and oxygen atoms in total. The normalized spacial score (nSPS) is 22.0. The SMILES string of the molecule is O=C1CC[C@]2(C(=O)Nc3ccncc3)Sc3ccc(Cl)cc3N12. The van der Waals surface area contributed by atoms with Crippen molar-refractivity contribution < 1.29 is 9.59 Å². The van der Waals surface area contributed by atoms with Crippen LogP contribution in [0.15, 0.2) is 47.6 Å². The van der Waals surface area contributed by atoms with Crippen LogP contribution >= 0.6 is 23.4 Å². The molecule has 1 N–H and O–H groups in total. The third-order valence-corrected chi connectivity index (χ3v) is 5.73. The standard InChI is InChI=1S/C16H12ClN3O2S/c17-10-1-2-13-12(9-10)20-14(21)3-6-16(20,23-13)15(22)19-11-4-7-18-8-5-11/h1-2,4-5,7-9H,3,6H2,(H,18,19,22)/t16-/m1/s1. The van der Waals surface area contributed by atoms with E-state index in [-0.39, 0.29) is 11.8 Å². The second kappa shape index (κ2) is 5.25. The first kappa shape index (κ1) is 14.5. The predicted octanol–water partition coefficient (Wildman–Crippen LogP) is 3.30. The first-order chi connectivity index (χ1) is 11.1. The largest absolute Gasteiger partial charge is 0.323 e. The Hall–Kier alpha value is -2.05. The predicted molar refractivity (Wildman–Crippen MR) is 89.6 cm³/mol. The third-order valence-electron chi connectivity index (χ3n) is 4.02. The number of fused-ring (bicyclic) bond motifs is 3. The van der Waals surface area contributed by atoms with Crippen LogP contribution in [0.4, 0.5) is 11.4 Å². The number of hydrogen-bond donors (Lipinski definition) is 1. The van der Waals surface area contributed by atoms with E-state index in [0.717, 1.165) is 10.6 Å².